The van der Waals surface area contributed by atoms with Crippen LogP contribution in [-0.2, 0) is 30.8 Å². The predicted molar refractivity (Wildman–Crippen MR) is 133 cm³/mol. The van der Waals surface area contributed by atoms with Gasteiger partial charge in [-0.3, -0.25) is 19.4 Å². The number of carboxylic acids is 1. The number of hydrogen-bond acceptors (Lipinski definition) is 6. The number of pyridine rings is 1. The number of nitrogens with one attached hydrogen (secondary N) is 2. The number of hydrogen-bond donors (Lipinski definition) is 3. The van der Waals surface area contributed by atoms with Gasteiger partial charge in [0.1, 0.15) is 10.9 Å². The molecule has 2 atom stereocenters. The van der Waals surface area contributed by atoms with Gasteiger partial charge in [-0.15, -0.1) is 0 Å². The number of aromatic nitrogens is 1. The normalized spacial score (nSPS) is 16.6. The molecule has 2 unspecified atom stereocenters. The summed E-state index contributed by atoms with van der Waals surface area (Å²) in [5.41, 5.74) is -0.165. The Morgan fingerprint density at radius 3 is 2.36 bits per heavy atom. The van der Waals surface area contributed by atoms with Crippen molar-refractivity contribution in [3.8, 4) is 0 Å². The molecule has 1 aliphatic rings. The van der Waals surface area contributed by atoms with Crippen LogP contribution in [0.5, 0.6) is 0 Å². The number of carbonyl (C=O) groups excluding carboxylic acids is 2. The molecular formula is C26H33N3O6S. The van der Waals surface area contributed by atoms with E-state index >= 15 is 0 Å². The fourth-order valence-electron chi connectivity index (χ4n) is 4.85. The van der Waals surface area contributed by atoms with Gasteiger partial charge in [0.15, 0.2) is 0 Å². The molecular weight excluding hydrogens is 482 g/mol. The van der Waals surface area contributed by atoms with Crippen LogP contribution in [0, 0.1) is 11.3 Å². The summed E-state index contributed by atoms with van der Waals surface area (Å²) < 4.78 is 27.6. The molecule has 1 saturated carbocycles. The standard InChI is InChI=1S/C26H33N3O6S/c1-2-9-20(24(31)32)17-26(13-6-7-14-26)25(33)28-22(16-19-10-4-3-5-11-19)23(30)29-36(34,35)21-12-8-15-27-18-21/h3-5,8,10-12,15,18,20,22H,2,6-7,9,13-14,16-17H2,1H3,(H,28,33)(H,29,30)(H,31,32). The Hall–Kier alpha value is -3.27. The van der Waals surface area contributed by atoms with Gasteiger partial charge in [0.25, 0.3) is 15.9 Å². The Morgan fingerprint density at radius 2 is 1.78 bits per heavy atom. The lowest BCUT2D eigenvalue weighted by molar-refractivity contribution is -0.145. The average Bonchev–Trinajstić information content (AvgIpc) is 3.34. The molecule has 0 saturated heterocycles. The number of carboxylic acid groups (broad SMARTS) is 1. The first-order chi connectivity index (χ1) is 17.2. The van der Waals surface area contributed by atoms with Crippen LogP contribution in [0.1, 0.15) is 57.4 Å². The third-order valence-corrected chi connectivity index (χ3v) is 8.08. The molecule has 9 nitrogen and oxygen atoms in total. The van der Waals surface area contributed by atoms with Crippen LogP contribution in [0.3, 0.4) is 0 Å². The fraction of sp³-hybridized carbons (Fsp3) is 0.462. The smallest absolute Gasteiger partial charge is 0.306 e. The van der Waals surface area contributed by atoms with Crippen LogP contribution in [0.25, 0.3) is 0 Å². The van der Waals surface area contributed by atoms with Gasteiger partial charge >= 0.3 is 5.97 Å². The van der Waals surface area contributed by atoms with E-state index < -0.39 is 45.2 Å². The van der Waals surface area contributed by atoms with Crippen molar-refractivity contribution in [3.63, 3.8) is 0 Å². The summed E-state index contributed by atoms with van der Waals surface area (Å²) in [6.45, 7) is 1.90. The van der Waals surface area contributed by atoms with Crippen molar-refractivity contribution in [2.24, 2.45) is 11.3 Å². The highest BCUT2D eigenvalue weighted by atomic mass is 32.2. The molecule has 2 aromatic rings. The van der Waals surface area contributed by atoms with E-state index in [2.05, 4.69) is 15.0 Å². The van der Waals surface area contributed by atoms with Gasteiger partial charge in [0.05, 0.1) is 11.3 Å². The zero-order valence-electron chi connectivity index (χ0n) is 20.4. The highest BCUT2D eigenvalue weighted by Gasteiger charge is 2.45. The molecule has 1 aromatic heterocycles. The number of sulfonamides is 1. The highest BCUT2D eigenvalue weighted by molar-refractivity contribution is 7.90. The summed E-state index contributed by atoms with van der Waals surface area (Å²) in [7, 11) is -4.20. The first-order valence-electron chi connectivity index (χ1n) is 12.2. The third kappa shape index (κ3) is 6.90. The molecule has 36 heavy (non-hydrogen) atoms. The van der Waals surface area contributed by atoms with Crippen molar-refractivity contribution in [1.82, 2.24) is 15.0 Å². The van der Waals surface area contributed by atoms with Crippen LogP contribution < -0.4 is 10.0 Å². The minimum absolute atomic E-state index is 0.0778. The number of nitrogens with zero attached hydrogens (tertiary/aromatic N) is 1. The lowest BCUT2D eigenvalue weighted by Gasteiger charge is -2.32. The zero-order valence-corrected chi connectivity index (χ0v) is 21.2. The largest absolute Gasteiger partial charge is 0.481 e. The van der Waals surface area contributed by atoms with Crippen LogP contribution in [0.2, 0.25) is 0 Å². The zero-order chi connectivity index (χ0) is 26.2. The lowest BCUT2D eigenvalue weighted by atomic mass is 9.75. The van der Waals surface area contributed by atoms with E-state index in [1.54, 1.807) is 24.3 Å². The number of aliphatic carboxylic acids is 1. The Labute approximate surface area is 211 Å². The van der Waals surface area contributed by atoms with Gasteiger partial charge in [-0.05, 0) is 43.4 Å². The summed E-state index contributed by atoms with van der Waals surface area (Å²) >= 11 is 0. The number of rotatable bonds is 12. The third-order valence-electron chi connectivity index (χ3n) is 6.75. The minimum atomic E-state index is -4.20. The fourth-order valence-corrected chi connectivity index (χ4v) is 5.83. The van der Waals surface area contributed by atoms with Crippen LogP contribution in [-0.4, -0.2) is 42.3 Å². The second-order valence-electron chi connectivity index (χ2n) is 9.39. The number of benzene rings is 1. The number of amides is 2. The van der Waals surface area contributed by atoms with E-state index in [1.807, 2.05) is 13.0 Å². The van der Waals surface area contributed by atoms with Crippen molar-refractivity contribution in [2.75, 3.05) is 0 Å². The summed E-state index contributed by atoms with van der Waals surface area (Å²) in [6, 6.07) is 10.6. The predicted octanol–water partition coefficient (Wildman–Crippen LogP) is 3.07. The number of carbonyl (C=O) groups is 3. The Bertz CT molecular complexity index is 1150. The molecule has 1 heterocycles. The molecule has 1 aliphatic carbocycles. The van der Waals surface area contributed by atoms with E-state index in [9.17, 15) is 27.9 Å². The summed E-state index contributed by atoms with van der Waals surface area (Å²) in [5.74, 6) is -2.87. The van der Waals surface area contributed by atoms with Crippen molar-refractivity contribution in [1.29, 1.82) is 0 Å². The SMILES string of the molecule is CCCC(CC1(C(=O)NC(Cc2ccccc2)C(=O)NS(=O)(=O)c2cccnc2)CCCC1)C(=O)O. The van der Waals surface area contributed by atoms with Crippen molar-refractivity contribution in [2.45, 2.75) is 69.2 Å². The monoisotopic (exact) mass is 515 g/mol. The van der Waals surface area contributed by atoms with Gasteiger partial charge in [0.2, 0.25) is 5.91 Å². The van der Waals surface area contributed by atoms with E-state index in [0.29, 0.717) is 25.7 Å². The topological polar surface area (TPSA) is 143 Å². The van der Waals surface area contributed by atoms with E-state index in [-0.39, 0.29) is 17.7 Å². The minimum Gasteiger partial charge on any atom is -0.481 e. The molecule has 194 valence electrons. The molecule has 0 bridgehead atoms. The lowest BCUT2D eigenvalue weighted by Crippen LogP contribution is -2.53. The summed E-state index contributed by atoms with van der Waals surface area (Å²) in [4.78, 5) is 42.3. The average molecular weight is 516 g/mol. The summed E-state index contributed by atoms with van der Waals surface area (Å²) in [6.07, 6.45) is 6.59. The maximum absolute atomic E-state index is 13.6. The maximum atomic E-state index is 13.6. The highest BCUT2D eigenvalue weighted by Crippen LogP contribution is 2.44. The molecule has 1 aromatic carbocycles. The first-order valence-corrected chi connectivity index (χ1v) is 13.7. The second-order valence-corrected chi connectivity index (χ2v) is 11.1. The van der Waals surface area contributed by atoms with Crippen LogP contribution in [0.4, 0.5) is 0 Å². The van der Waals surface area contributed by atoms with E-state index in [1.165, 1.54) is 18.3 Å². The maximum Gasteiger partial charge on any atom is 0.306 e. The van der Waals surface area contributed by atoms with Gasteiger partial charge < -0.3 is 10.4 Å². The van der Waals surface area contributed by atoms with Gasteiger partial charge in [-0.1, -0.05) is 56.5 Å². The second kappa shape index (κ2) is 12.1. The molecule has 2 amide bonds. The van der Waals surface area contributed by atoms with Gasteiger partial charge in [0, 0.05) is 18.8 Å². The molecule has 1 fully saturated rings. The molecule has 3 rings (SSSR count). The molecule has 0 spiro atoms. The molecule has 0 aliphatic heterocycles. The molecule has 3 N–H and O–H groups in total. The Morgan fingerprint density at radius 1 is 1.08 bits per heavy atom. The Balaban J connectivity index is 1.85. The van der Waals surface area contributed by atoms with Crippen molar-refractivity contribution >= 4 is 27.8 Å². The Kier molecular flexibility index (Phi) is 9.19. The molecule has 0 radical (unpaired) electrons. The van der Waals surface area contributed by atoms with Gasteiger partial charge in [-0.2, -0.15) is 0 Å². The van der Waals surface area contributed by atoms with E-state index in [4.69, 9.17) is 0 Å². The van der Waals surface area contributed by atoms with Crippen molar-refractivity contribution in [3.05, 3.63) is 60.4 Å². The van der Waals surface area contributed by atoms with Crippen molar-refractivity contribution < 1.29 is 27.9 Å². The van der Waals surface area contributed by atoms with Crippen LogP contribution >= 0.6 is 0 Å². The van der Waals surface area contributed by atoms with Gasteiger partial charge in [-0.25, -0.2) is 13.1 Å². The molecule has 10 heteroatoms. The van der Waals surface area contributed by atoms with E-state index in [0.717, 1.165) is 24.6 Å². The van der Waals surface area contributed by atoms with Crippen LogP contribution in [0.15, 0.2) is 59.8 Å². The first kappa shape index (κ1) is 27.3. The quantitative estimate of drug-likeness (QED) is 0.394. The summed E-state index contributed by atoms with van der Waals surface area (Å²) in [5, 5.41) is 12.5.